The van der Waals surface area contributed by atoms with Gasteiger partial charge in [-0.25, -0.2) is 0 Å². The summed E-state index contributed by atoms with van der Waals surface area (Å²) in [6.07, 6.45) is -3.02. The van der Waals surface area contributed by atoms with E-state index in [2.05, 4.69) is 0 Å². The predicted molar refractivity (Wildman–Crippen MR) is 50.2 cm³/mol. The van der Waals surface area contributed by atoms with Gasteiger partial charge in [0.2, 0.25) is 0 Å². The highest BCUT2D eigenvalue weighted by Crippen LogP contribution is 2.33. The van der Waals surface area contributed by atoms with Crippen LogP contribution in [-0.4, -0.2) is 0 Å². The lowest BCUT2D eigenvalue weighted by molar-refractivity contribution is -0.138. The minimum Gasteiger partial charge on any atom is -0.166 e. The van der Waals surface area contributed by atoms with Gasteiger partial charge in [-0.2, -0.15) is 13.2 Å². The average Bonchev–Trinajstić information content (AvgIpc) is 2.07. The monoisotopic (exact) mass is 202 g/mol. The van der Waals surface area contributed by atoms with Crippen molar-refractivity contribution < 1.29 is 13.2 Å². The number of hydrogen-bond donors (Lipinski definition) is 0. The number of halogens is 3. The van der Waals surface area contributed by atoms with Crippen LogP contribution in [0.5, 0.6) is 0 Å². The molecule has 0 fully saturated rings. The third kappa shape index (κ3) is 2.50. The molecule has 0 aliphatic carbocycles. The van der Waals surface area contributed by atoms with Crippen molar-refractivity contribution in [2.75, 3.05) is 0 Å². The Morgan fingerprint density at radius 2 is 1.86 bits per heavy atom. The Bertz CT molecular complexity index is 313. The van der Waals surface area contributed by atoms with Crippen LogP contribution in [0.3, 0.4) is 0 Å². The van der Waals surface area contributed by atoms with Gasteiger partial charge in [0.25, 0.3) is 0 Å². The zero-order valence-electron chi connectivity index (χ0n) is 8.28. The van der Waals surface area contributed by atoms with E-state index in [4.69, 9.17) is 0 Å². The maximum atomic E-state index is 12.6. The largest absolute Gasteiger partial charge is 0.416 e. The Labute approximate surface area is 81.8 Å². The van der Waals surface area contributed by atoms with Crippen LogP contribution in [0.25, 0.3) is 0 Å². The Kier molecular flexibility index (Phi) is 3.19. The second kappa shape index (κ2) is 4.03. The lowest BCUT2D eigenvalue weighted by atomic mass is 10.0. The molecular formula is C11H13F3. The van der Waals surface area contributed by atoms with Crippen LogP contribution < -0.4 is 0 Å². The first-order chi connectivity index (χ1) is 6.45. The van der Waals surface area contributed by atoms with E-state index in [0.717, 1.165) is 6.42 Å². The second-order valence-corrected chi connectivity index (χ2v) is 3.41. The van der Waals surface area contributed by atoms with E-state index in [-0.39, 0.29) is 0 Å². The summed E-state index contributed by atoms with van der Waals surface area (Å²) in [4.78, 5) is 0. The van der Waals surface area contributed by atoms with Crippen molar-refractivity contribution in [1.29, 1.82) is 0 Å². The topological polar surface area (TPSA) is 0 Å². The number of alkyl halides is 3. The zero-order chi connectivity index (χ0) is 10.8. The molecule has 0 aromatic heterocycles. The SMILES string of the molecule is CCCc1ccc(C)cc1C(F)(F)F. The molecule has 0 spiro atoms. The van der Waals surface area contributed by atoms with E-state index in [0.29, 0.717) is 17.5 Å². The van der Waals surface area contributed by atoms with Crippen LogP contribution in [0, 0.1) is 6.92 Å². The zero-order valence-corrected chi connectivity index (χ0v) is 8.28. The van der Waals surface area contributed by atoms with Gasteiger partial charge in [0.15, 0.2) is 0 Å². The van der Waals surface area contributed by atoms with Crippen molar-refractivity contribution in [3.63, 3.8) is 0 Å². The van der Waals surface area contributed by atoms with Gasteiger partial charge in [0.05, 0.1) is 5.56 Å². The third-order valence-electron chi connectivity index (χ3n) is 2.09. The van der Waals surface area contributed by atoms with Gasteiger partial charge in [0, 0.05) is 0 Å². The van der Waals surface area contributed by atoms with Crippen LogP contribution in [0.2, 0.25) is 0 Å². The first-order valence-corrected chi connectivity index (χ1v) is 4.62. The first kappa shape index (κ1) is 11.1. The number of benzene rings is 1. The maximum absolute atomic E-state index is 12.6. The summed E-state index contributed by atoms with van der Waals surface area (Å²) in [5.74, 6) is 0. The predicted octanol–water partition coefficient (Wildman–Crippen LogP) is 3.97. The molecule has 78 valence electrons. The van der Waals surface area contributed by atoms with Gasteiger partial charge >= 0.3 is 6.18 Å². The van der Waals surface area contributed by atoms with Crippen molar-refractivity contribution in [1.82, 2.24) is 0 Å². The van der Waals surface area contributed by atoms with Crippen molar-refractivity contribution in [2.45, 2.75) is 32.9 Å². The average molecular weight is 202 g/mol. The molecule has 0 heterocycles. The van der Waals surface area contributed by atoms with Gasteiger partial charge in [-0.1, -0.05) is 31.0 Å². The molecule has 0 unspecified atom stereocenters. The third-order valence-corrected chi connectivity index (χ3v) is 2.09. The van der Waals surface area contributed by atoms with E-state index >= 15 is 0 Å². The summed E-state index contributed by atoms with van der Waals surface area (Å²) in [6, 6.07) is 4.51. The molecule has 0 aliphatic heterocycles. The molecule has 0 N–H and O–H groups in total. The molecule has 14 heavy (non-hydrogen) atoms. The van der Waals surface area contributed by atoms with Crippen LogP contribution >= 0.6 is 0 Å². The Hall–Kier alpha value is -0.990. The van der Waals surface area contributed by atoms with Crippen LogP contribution in [0.4, 0.5) is 13.2 Å². The van der Waals surface area contributed by atoms with Crippen LogP contribution in [0.1, 0.15) is 30.0 Å². The minimum atomic E-state index is -4.23. The van der Waals surface area contributed by atoms with E-state index in [9.17, 15) is 13.2 Å². The Morgan fingerprint density at radius 1 is 1.21 bits per heavy atom. The van der Waals surface area contributed by atoms with Gasteiger partial charge < -0.3 is 0 Å². The number of hydrogen-bond acceptors (Lipinski definition) is 0. The molecule has 0 amide bonds. The van der Waals surface area contributed by atoms with Gasteiger partial charge in [0.1, 0.15) is 0 Å². The Balaban J connectivity index is 3.16. The summed E-state index contributed by atoms with van der Waals surface area (Å²) < 4.78 is 37.7. The smallest absolute Gasteiger partial charge is 0.166 e. The molecule has 0 atom stereocenters. The van der Waals surface area contributed by atoms with Gasteiger partial charge in [-0.05, 0) is 25.0 Å². The summed E-state index contributed by atoms with van der Waals surface area (Å²) in [5.41, 5.74) is 0.558. The fraction of sp³-hybridized carbons (Fsp3) is 0.455. The van der Waals surface area contributed by atoms with Gasteiger partial charge in [-0.15, -0.1) is 0 Å². The van der Waals surface area contributed by atoms with Crippen molar-refractivity contribution in [3.8, 4) is 0 Å². The van der Waals surface area contributed by atoms with Crippen molar-refractivity contribution in [3.05, 3.63) is 34.9 Å². The van der Waals surface area contributed by atoms with Crippen LogP contribution in [0.15, 0.2) is 18.2 Å². The number of rotatable bonds is 2. The lowest BCUT2D eigenvalue weighted by Gasteiger charge is -2.12. The molecule has 0 nitrogen and oxygen atoms in total. The number of aryl methyl sites for hydroxylation is 2. The summed E-state index contributed by atoms with van der Waals surface area (Å²) in [7, 11) is 0. The molecule has 1 aromatic carbocycles. The molecule has 0 bridgehead atoms. The van der Waals surface area contributed by atoms with Gasteiger partial charge in [-0.3, -0.25) is 0 Å². The highest BCUT2D eigenvalue weighted by atomic mass is 19.4. The lowest BCUT2D eigenvalue weighted by Crippen LogP contribution is -2.09. The fourth-order valence-electron chi connectivity index (χ4n) is 1.44. The molecule has 1 aromatic rings. The quantitative estimate of drug-likeness (QED) is 0.680. The molecule has 0 saturated carbocycles. The van der Waals surface area contributed by atoms with Crippen molar-refractivity contribution >= 4 is 0 Å². The normalized spacial score (nSPS) is 11.8. The van der Waals surface area contributed by atoms with E-state index in [1.807, 2.05) is 6.92 Å². The summed E-state index contributed by atoms with van der Waals surface area (Å²) >= 11 is 0. The van der Waals surface area contributed by atoms with E-state index in [1.54, 1.807) is 19.1 Å². The Morgan fingerprint density at radius 3 is 2.36 bits per heavy atom. The molecule has 3 heteroatoms. The van der Waals surface area contributed by atoms with E-state index in [1.165, 1.54) is 6.07 Å². The molecule has 0 radical (unpaired) electrons. The summed E-state index contributed by atoms with van der Waals surface area (Å²) in [5, 5.41) is 0. The molecular weight excluding hydrogens is 189 g/mol. The maximum Gasteiger partial charge on any atom is 0.416 e. The molecule has 1 rings (SSSR count). The molecule has 0 saturated heterocycles. The van der Waals surface area contributed by atoms with E-state index < -0.39 is 11.7 Å². The van der Waals surface area contributed by atoms with Crippen molar-refractivity contribution in [2.24, 2.45) is 0 Å². The highest BCUT2D eigenvalue weighted by Gasteiger charge is 2.32. The van der Waals surface area contributed by atoms with Crippen LogP contribution in [-0.2, 0) is 12.6 Å². The minimum absolute atomic E-state index is 0.394. The summed E-state index contributed by atoms with van der Waals surface area (Å²) in [6.45, 7) is 3.55. The first-order valence-electron chi connectivity index (χ1n) is 4.62. The highest BCUT2D eigenvalue weighted by molar-refractivity contribution is 5.33. The standard InChI is InChI=1S/C11H13F3/c1-3-4-9-6-5-8(2)7-10(9)11(12,13)14/h5-7H,3-4H2,1-2H3. The second-order valence-electron chi connectivity index (χ2n) is 3.41. The fourth-order valence-corrected chi connectivity index (χ4v) is 1.44. The molecule has 0 aliphatic rings.